The van der Waals surface area contributed by atoms with Gasteiger partial charge in [0.05, 0.1) is 7.11 Å². The number of nitrogens with one attached hydrogen (secondary N) is 1. The minimum absolute atomic E-state index is 0. The highest BCUT2D eigenvalue weighted by molar-refractivity contribution is 14.0. The number of halogens is 1. The maximum atomic E-state index is 5.30. The number of piperazine rings is 1. The Kier molecular flexibility index (Phi) is 7.67. The lowest BCUT2D eigenvalue weighted by molar-refractivity contribution is 0.370. The minimum atomic E-state index is 0. The summed E-state index contributed by atoms with van der Waals surface area (Å²) < 4.78 is 5.30. The fourth-order valence-corrected chi connectivity index (χ4v) is 3.60. The minimum Gasteiger partial charge on any atom is -0.497 e. The van der Waals surface area contributed by atoms with E-state index < -0.39 is 0 Å². The van der Waals surface area contributed by atoms with E-state index in [0.717, 1.165) is 50.4 Å². The number of guanidine groups is 1. The van der Waals surface area contributed by atoms with Crippen molar-refractivity contribution in [3.05, 3.63) is 60.4 Å². The highest BCUT2D eigenvalue weighted by Crippen LogP contribution is 2.22. The number of ether oxygens (including phenoxy) is 1. The summed E-state index contributed by atoms with van der Waals surface area (Å²) in [4.78, 5) is 17.7. The Morgan fingerprint density at radius 2 is 1.73 bits per heavy atom. The number of fused-ring (bicyclic) bond motifs is 1. The van der Waals surface area contributed by atoms with Gasteiger partial charge in [0.1, 0.15) is 5.75 Å². The third-order valence-corrected chi connectivity index (χ3v) is 5.19. The molecule has 1 saturated heterocycles. The zero-order valence-electron chi connectivity index (χ0n) is 17.3. The Morgan fingerprint density at radius 1 is 1.03 bits per heavy atom. The molecular formula is C22H27IN6O. The van der Waals surface area contributed by atoms with Crippen LogP contribution in [0.4, 0.5) is 5.95 Å². The smallest absolute Gasteiger partial charge is 0.225 e. The summed E-state index contributed by atoms with van der Waals surface area (Å²) in [5.41, 5.74) is 1.22. The molecule has 2 heterocycles. The first-order valence-electron chi connectivity index (χ1n) is 9.81. The van der Waals surface area contributed by atoms with Crippen molar-refractivity contribution in [2.75, 3.05) is 45.2 Å². The van der Waals surface area contributed by atoms with E-state index in [4.69, 9.17) is 4.74 Å². The number of hydrogen-bond donors (Lipinski definition) is 1. The third-order valence-electron chi connectivity index (χ3n) is 5.19. The van der Waals surface area contributed by atoms with Crippen molar-refractivity contribution in [2.24, 2.45) is 4.99 Å². The van der Waals surface area contributed by atoms with Crippen LogP contribution < -0.4 is 15.0 Å². The molecule has 0 aliphatic carbocycles. The highest BCUT2D eigenvalue weighted by Gasteiger charge is 2.20. The van der Waals surface area contributed by atoms with Crippen molar-refractivity contribution in [1.29, 1.82) is 0 Å². The van der Waals surface area contributed by atoms with Gasteiger partial charge in [-0.3, -0.25) is 4.99 Å². The normalized spacial score (nSPS) is 14.4. The van der Waals surface area contributed by atoms with Crippen molar-refractivity contribution >= 4 is 46.7 Å². The average molecular weight is 518 g/mol. The molecule has 0 unspecified atom stereocenters. The molecular weight excluding hydrogens is 491 g/mol. The zero-order chi connectivity index (χ0) is 20.1. The van der Waals surface area contributed by atoms with E-state index in [1.165, 1.54) is 16.3 Å². The summed E-state index contributed by atoms with van der Waals surface area (Å²) in [5, 5.41) is 5.88. The number of aromatic nitrogens is 2. The van der Waals surface area contributed by atoms with Gasteiger partial charge in [0.2, 0.25) is 5.95 Å². The molecule has 4 rings (SSSR count). The first-order valence-corrected chi connectivity index (χ1v) is 9.81. The summed E-state index contributed by atoms with van der Waals surface area (Å²) in [6.45, 7) is 4.26. The monoisotopic (exact) mass is 518 g/mol. The predicted octanol–water partition coefficient (Wildman–Crippen LogP) is 3.15. The van der Waals surface area contributed by atoms with E-state index in [2.05, 4.69) is 60.4 Å². The van der Waals surface area contributed by atoms with Crippen LogP contribution in [0.1, 0.15) is 5.56 Å². The molecule has 30 heavy (non-hydrogen) atoms. The number of hydrogen-bond acceptors (Lipinski definition) is 5. The number of rotatable bonds is 4. The van der Waals surface area contributed by atoms with Crippen LogP contribution in [0, 0.1) is 0 Å². The topological polar surface area (TPSA) is 65.9 Å². The van der Waals surface area contributed by atoms with Gasteiger partial charge in [0, 0.05) is 52.2 Å². The number of aliphatic imine (C=N–C) groups is 1. The van der Waals surface area contributed by atoms with E-state index >= 15 is 0 Å². The van der Waals surface area contributed by atoms with Gasteiger partial charge >= 0.3 is 0 Å². The maximum absolute atomic E-state index is 5.30. The molecule has 0 saturated carbocycles. The first kappa shape index (κ1) is 22.1. The Labute approximate surface area is 194 Å². The molecule has 0 bridgehead atoms. The largest absolute Gasteiger partial charge is 0.497 e. The molecule has 158 valence electrons. The molecule has 3 aromatic rings. The molecule has 0 radical (unpaired) electrons. The molecule has 1 aliphatic heterocycles. The van der Waals surface area contributed by atoms with Gasteiger partial charge in [0.25, 0.3) is 0 Å². The summed E-state index contributed by atoms with van der Waals surface area (Å²) in [7, 11) is 3.53. The number of methoxy groups -OCH3 is 1. The van der Waals surface area contributed by atoms with Gasteiger partial charge in [0.15, 0.2) is 5.96 Å². The molecule has 8 heteroatoms. The molecule has 2 aromatic carbocycles. The second kappa shape index (κ2) is 10.4. The average Bonchev–Trinajstić information content (AvgIpc) is 2.80. The zero-order valence-corrected chi connectivity index (χ0v) is 19.6. The van der Waals surface area contributed by atoms with E-state index in [1.54, 1.807) is 19.5 Å². The van der Waals surface area contributed by atoms with Crippen LogP contribution in [0.5, 0.6) is 5.75 Å². The Morgan fingerprint density at radius 3 is 2.43 bits per heavy atom. The molecule has 0 spiro atoms. The number of nitrogens with zero attached hydrogens (tertiary/aromatic N) is 5. The van der Waals surface area contributed by atoms with Gasteiger partial charge in [-0.1, -0.05) is 18.2 Å². The van der Waals surface area contributed by atoms with Crippen LogP contribution in [-0.4, -0.2) is 61.2 Å². The quantitative estimate of drug-likeness (QED) is 0.325. The third kappa shape index (κ3) is 5.10. The predicted molar refractivity (Wildman–Crippen MR) is 132 cm³/mol. The van der Waals surface area contributed by atoms with Gasteiger partial charge in [-0.25, -0.2) is 9.97 Å². The van der Waals surface area contributed by atoms with Gasteiger partial charge in [-0.05, 0) is 40.6 Å². The van der Waals surface area contributed by atoms with Gasteiger partial charge in [-0.2, -0.15) is 0 Å². The van der Waals surface area contributed by atoms with Crippen molar-refractivity contribution in [3.8, 4) is 5.75 Å². The fourth-order valence-electron chi connectivity index (χ4n) is 3.60. The summed E-state index contributed by atoms with van der Waals surface area (Å²) in [6.07, 6.45) is 3.57. The lowest BCUT2D eigenvalue weighted by Crippen LogP contribution is -2.52. The van der Waals surface area contributed by atoms with Crippen LogP contribution in [0.15, 0.2) is 59.9 Å². The maximum Gasteiger partial charge on any atom is 0.225 e. The van der Waals surface area contributed by atoms with E-state index in [1.807, 2.05) is 19.2 Å². The summed E-state index contributed by atoms with van der Waals surface area (Å²) in [5.74, 6) is 2.60. The lowest BCUT2D eigenvalue weighted by Gasteiger charge is -2.36. The molecule has 1 aliphatic rings. The van der Waals surface area contributed by atoms with E-state index in [0.29, 0.717) is 0 Å². The van der Waals surface area contributed by atoms with Crippen molar-refractivity contribution in [2.45, 2.75) is 6.54 Å². The van der Waals surface area contributed by atoms with Crippen molar-refractivity contribution in [3.63, 3.8) is 0 Å². The molecule has 0 amide bonds. The van der Waals surface area contributed by atoms with E-state index in [9.17, 15) is 0 Å². The summed E-state index contributed by atoms with van der Waals surface area (Å²) in [6, 6.07) is 14.5. The number of anilines is 1. The lowest BCUT2D eigenvalue weighted by atomic mass is 10.1. The van der Waals surface area contributed by atoms with Crippen LogP contribution in [0.2, 0.25) is 0 Å². The molecule has 0 atom stereocenters. The first-order chi connectivity index (χ1) is 14.3. The fraction of sp³-hybridized carbons (Fsp3) is 0.318. The van der Waals surface area contributed by atoms with Crippen molar-refractivity contribution < 1.29 is 4.74 Å². The molecule has 1 aromatic heterocycles. The van der Waals surface area contributed by atoms with Crippen LogP contribution in [0.25, 0.3) is 10.8 Å². The Hall–Kier alpha value is -2.62. The SMILES string of the molecule is CN=C(NCc1ccc2cc(OC)ccc2c1)N1CCN(c2ncccn2)CC1.I. The van der Waals surface area contributed by atoms with Gasteiger partial charge in [-0.15, -0.1) is 24.0 Å². The van der Waals surface area contributed by atoms with Crippen LogP contribution in [0.3, 0.4) is 0 Å². The van der Waals surface area contributed by atoms with Crippen LogP contribution in [-0.2, 0) is 6.54 Å². The summed E-state index contributed by atoms with van der Waals surface area (Å²) >= 11 is 0. The Balaban J connectivity index is 0.00000256. The van der Waals surface area contributed by atoms with Crippen LogP contribution >= 0.6 is 24.0 Å². The Bertz CT molecular complexity index is 989. The second-order valence-electron chi connectivity index (χ2n) is 6.97. The highest BCUT2D eigenvalue weighted by atomic mass is 127. The standard InChI is InChI=1S/C22H26N6O.HI/c1-23-21(27-10-12-28(13-11-27)22-24-8-3-9-25-22)26-16-17-4-5-19-15-20(29-2)7-6-18(19)14-17;/h3-9,14-15H,10-13,16H2,1-2H3,(H,23,26);1H. The molecule has 1 N–H and O–H groups in total. The van der Waals surface area contributed by atoms with Crippen molar-refractivity contribution in [1.82, 2.24) is 20.2 Å². The molecule has 1 fully saturated rings. The van der Waals surface area contributed by atoms with Gasteiger partial charge < -0.3 is 19.9 Å². The molecule has 7 nitrogen and oxygen atoms in total. The second-order valence-corrected chi connectivity index (χ2v) is 6.97. The van der Waals surface area contributed by atoms with E-state index in [-0.39, 0.29) is 24.0 Å². The number of benzene rings is 2.